The molecule has 1 N–H and O–H groups in total. The molecule has 1 atom stereocenters. The number of hydrogen-bond acceptors (Lipinski definition) is 4. The third-order valence-electron chi connectivity index (χ3n) is 5.27. The van der Waals surface area contributed by atoms with Crippen LogP contribution in [0.2, 0.25) is 0 Å². The summed E-state index contributed by atoms with van der Waals surface area (Å²) in [5, 5.41) is 2.64. The first-order chi connectivity index (χ1) is 15.2. The second-order valence-electron chi connectivity index (χ2n) is 7.82. The van der Waals surface area contributed by atoms with Gasteiger partial charge in [0.25, 0.3) is 0 Å². The highest BCUT2D eigenvalue weighted by Gasteiger charge is 2.28. The Labute approximate surface area is 191 Å². The van der Waals surface area contributed by atoms with Crippen LogP contribution in [0.4, 0.5) is 5.69 Å². The monoisotopic (exact) mass is 459 g/mol. The Bertz CT molecular complexity index is 1010. The van der Waals surface area contributed by atoms with E-state index in [9.17, 15) is 18.0 Å². The second kappa shape index (κ2) is 11.7. The number of amides is 2. The zero-order valence-corrected chi connectivity index (χ0v) is 20.1. The number of hydrogen-bond donors (Lipinski definition) is 1. The molecule has 2 aromatic carbocycles. The summed E-state index contributed by atoms with van der Waals surface area (Å²) < 4.78 is 26.0. The Balaban J connectivity index is 2.16. The molecule has 0 aliphatic rings. The predicted octanol–water partition coefficient (Wildman–Crippen LogP) is 3.09. The summed E-state index contributed by atoms with van der Waals surface area (Å²) in [5.41, 5.74) is 2.47. The van der Waals surface area contributed by atoms with Crippen LogP contribution in [0.15, 0.2) is 54.6 Å². The summed E-state index contributed by atoms with van der Waals surface area (Å²) in [6, 6.07) is 16.2. The molecule has 32 heavy (non-hydrogen) atoms. The molecule has 8 heteroatoms. The van der Waals surface area contributed by atoms with E-state index in [2.05, 4.69) is 5.32 Å². The maximum atomic E-state index is 13.2. The highest BCUT2D eigenvalue weighted by molar-refractivity contribution is 7.92. The van der Waals surface area contributed by atoms with E-state index in [1.54, 1.807) is 18.0 Å². The lowest BCUT2D eigenvalue weighted by molar-refractivity contribution is -0.141. The van der Waals surface area contributed by atoms with Crippen LogP contribution in [0.5, 0.6) is 0 Å². The maximum absolute atomic E-state index is 13.2. The molecule has 174 valence electrons. The van der Waals surface area contributed by atoms with Gasteiger partial charge in [0, 0.05) is 26.6 Å². The summed E-state index contributed by atoms with van der Waals surface area (Å²) in [5.74, 6) is -0.392. The molecule has 0 radical (unpaired) electrons. The Morgan fingerprint density at radius 1 is 1.06 bits per heavy atom. The smallest absolute Gasteiger partial charge is 0.242 e. The number of carbonyl (C=O) groups excluding carboxylic acids is 2. The van der Waals surface area contributed by atoms with Crippen LogP contribution in [0.3, 0.4) is 0 Å². The van der Waals surface area contributed by atoms with Gasteiger partial charge in [-0.25, -0.2) is 8.42 Å². The number of nitrogens with one attached hydrogen (secondary N) is 1. The van der Waals surface area contributed by atoms with E-state index in [4.69, 9.17) is 0 Å². The Morgan fingerprint density at radius 3 is 2.31 bits per heavy atom. The molecular formula is C24H33N3O4S. The van der Waals surface area contributed by atoms with Crippen LogP contribution in [-0.2, 0) is 26.2 Å². The fourth-order valence-electron chi connectivity index (χ4n) is 3.65. The molecule has 0 aromatic heterocycles. The number of rotatable bonds is 11. The van der Waals surface area contributed by atoms with Gasteiger partial charge in [-0.15, -0.1) is 0 Å². The van der Waals surface area contributed by atoms with Crippen molar-refractivity contribution < 1.29 is 18.0 Å². The predicted molar refractivity (Wildman–Crippen MR) is 128 cm³/mol. The van der Waals surface area contributed by atoms with Crippen molar-refractivity contribution in [3.05, 3.63) is 65.7 Å². The fourth-order valence-corrected chi connectivity index (χ4v) is 4.61. The maximum Gasteiger partial charge on any atom is 0.242 e. The van der Waals surface area contributed by atoms with Crippen LogP contribution < -0.4 is 9.62 Å². The van der Waals surface area contributed by atoms with Gasteiger partial charge >= 0.3 is 0 Å². The average molecular weight is 460 g/mol. The molecule has 2 amide bonds. The van der Waals surface area contributed by atoms with Crippen molar-refractivity contribution in [2.24, 2.45) is 0 Å². The third kappa shape index (κ3) is 7.09. The summed E-state index contributed by atoms with van der Waals surface area (Å²) >= 11 is 0. The van der Waals surface area contributed by atoms with Gasteiger partial charge in [-0.05, 0) is 43.0 Å². The van der Waals surface area contributed by atoms with Gasteiger partial charge < -0.3 is 10.2 Å². The molecule has 1 unspecified atom stereocenters. The van der Waals surface area contributed by atoms with Crippen molar-refractivity contribution in [2.75, 3.05) is 24.2 Å². The molecule has 0 aliphatic carbocycles. The van der Waals surface area contributed by atoms with E-state index in [0.29, 0.717) is 25.1 Å². The fraction of sp³-hybridized carbons (Fsp3) is 0.417. The Kier molecular flexibility index (Phi) is 9.26. The molecule has 0 spiro atoms. The summed E-state index contributed by atoms with van der Waals surface area (Å²) in [6.45, 7) is 4.27. The Morgan fingerprint density at radius 2 is 1.75 bits per heavy atom. The van der Waals surface area contributed by atoms with Crippen molar-refractivity contribution in [1.29, 1.82) is 0 Å². The van der Waals surface area contributed by atoms with E-state index >= 15 is 0 Å². The molecule has 0 saturated heterocycles. The van der Waals surface area contributed by atoms with Crippen LogP contribution in [0, 0.1) is 6.92 Å². The molecule has 2 rings (SSSR count). The zero-order chi connectivity index (χ0) is 23.7. The van der Waals surface area contributed by atoms with Crippen LogP contribution >= 0.6 is 0 Å². The van der Waals surface area contributed by atoms with E-state index in [1.807, 2.05) is 62.4 Å². The van der Waals surface area contributed by atoms with Crippen molar-refractivity contribution in [3.63, 3.8) is 0 Å². The number of carbonyl (C=O) groups is 2. The quantitative estimate of drug-likeness (QED) is 0.559. The SMILES string of the molecule is CCC(C(=O)NC)N(Cc1ccccc1)C(=O)CCCN(c1cccc(C)c1)S(C)(=O)=O. The normalized spacial score (nSPS) is 12.1. The minimum Gasteiger partial charge on any atom is -0.357 e. The topological polar surface area (TPSA) is 86.8 Å². The van der Waals surface area contributed by atoms with E-state index in [1.165, 1.54) is 4.31 Å². The summed E-state index contributed by atoms with van der Waals surface area (Å²) in [6.07, 6.45) is 2.13. The van der Waals surface area contributed by atoms with Crippen LogP contribution in [0.25, 0.3) is 0 Å². The zero-order valence-electron chi connectivity index (χ0n) is 19.2. The molecule has 0 saturated carbocycles. The third-order valence-corrected chi connectivity index (χ3v) is 6.46. The summed E-state index contributed by atoms with van der Waals surface area (Å²) in [7, 11) is -1.94. The van der Waals surface area contributed by atoms with Gasteiger partial charge in [0.1, 0.15) is 6.04 Å². The number of benzene rings is 2. The van der Waals surface area contributed by atoms with Crippen molar-refractivity contribution in [3.8, 4) is 0 Å². The molecule has 2 aromatic rings. The molecule has 7 nitrogen and oxygen atoms in total. The van der Waals surface area contributed by atoms with Crippen molar-refractivity contribution in [2.45, 2.75) is 45.7 Å². The number of nitrogens with zero attached hydrogens (tertiary/aromatic N) is 2. The first kappa shape index (κ1) is 25.4. The second-order valence-corrected chi connectivity index (χ2v) is 9.73. The lowest BCUT2D eigenvalue weighted by Crippen LogP contribution is -2.48. The van der Waals surface area contributed by atoms with Crippen LogP contribution in [0.1, 0.15) is 37.3 Å². The van der Waals surface area contributed by atoms with Crippen molar-refractivity contribution >= 4 is 27.5 Å². The molecule has 0 fully saturated rings. The molecule has 0 bridgehead atoms. The average Bonchev–Trinajstić information content (AvgIpc) is 2.76. The highest BCUT2D eigenvalue weighted by atomic mass is 32.2. The van der Waals surface area contributed by atoms with Gasteiger partial charge in [-0.1, -0.05) is 49.4 Å². The number of sulfonamides is 1. The first-order valence-corrected chi connectivity index (χ1v) is 12.6. The minimum absolute atomic E-state index is 0.137. The number of anilines is 1. The standard InChI is InChI=1S/C24H33N3O4S/c1-5-22(24(29)25-3)26(18-20-12-7-6-8-13-20)23(28)15-10-16-27(32(4,30)31)21-14-9-11-19(2)17-21/h6-9,11-14,17,22H,5,10,15-16,18H2,1-4H3,(H,25,29). The van der Waals surface area contributed by atoms with Gasteiger partial charge in [-0.3, -0.25) is 13.9 Å². The van der Waals surface area contributed by atoms with Gasteiger partial charge in [0.2, 0.25) is 21.8 Å². The van der Waals surface area contributed by atoms with Gasteiger partial charge in [0.15, 0.2) is 0 Å². The van der Waals surface area contributed by atoms with Crippen molar-refractivity contribution in [1.82, 2.24) is 10.2 Å². The number of aryl methyl sites for hydroxylation is 1. The lowest BCUT2D eigenvalue weighted by Gasteiger charge is -2.30. The van der Waals surface area contributed by atoms with E-state index in [-0.39, 0.29) is 24.8 Å². The minimum atomic E-state index is -3.50. The highest BCUT2D eigenvalue weighted by Crippen LogP contribution is 2.20. The first-order valence-electron chi connectivity index (χ1n) is 10.8. The van der Waals surface area contributed by atoms with E-state index in [0.717, 1.165) is 17.4 Å². The molecular weight excluding hydrogens is 426 g/mol. The van der Waals surface area contributed by atoms with Gasteiger partial charge in [-0.2, -0.15) is 0 Å². The van der Waals surface area contributed by atoms with Gasteiger partial charge in [0.05, 0.1) is 11.9 Å². The Hall–Kier alpha value is -2.87. The largest absolute Gasteiger partial charge is 0.357 e. The molecule has 0 heterocycles. The van der Waals surface area contributed by atoms with E-state index < -0.39 is 16.1 Å². The lowest BCUT2D eigenvalue weighted by atomic mass is 10.1. The summed E-state index contributed by atoms with van der Waals surface area (Å²) in [4.78, 5) is 27.2. The number of likely N-dealkylation sites (N-methyl/N-ethyl adjacent to an activating group) is 1. The van der Waals surface area contributed by atoms with Crippen LogP contribution in [-0.4, -0.2) is 51.0 Å². The molecule has 0 aliphatic heterocycles.